The van der Waals surface area contributed by atoms with Crippen LogP contribution in [0.25, 0.3) is 11.1 Å². The fraction of sp³-hybridized carbons (Fsp3) is 0.464. The predicted octanol–water partition coefficient (Wildman–Crippen LogP) is 5.66. The van der Waals surface area contributed by atoms with E-state index in [4.69, 9.17) is 21.0 Å². The van der Waals surface area contributed by atoms with Gasteiger partial charge in [0.15, 0.2) is 11.5 Å². The van der Waals surface area contributed by atoms with Gasteiger partial charge in [-0.2, -0.15) is 0 Å². The van der Waals surface area contributed by atoms with E-state index >= 15 is 0 Å². The summed E-state index contributed by atoms with van der Waals surface area (Å²) >= 11 is 6.20. The lowest BCUT2D eigenvalue weighted by molar-refractivity contribution is -0.137. The fourth-order valence-electron chi connectivity index (χ4n) is 6.40. The molecule has 2 aromatic carbocycles. The van der Waals surface area contributed by atoms with Crippen molar-refractivity contribution in [2.24, 2.45) is 5.92 Å². The van der Waals surface area contributed by atoms with E-state index in [-0.39, 0.29) is 23.8 Å². The van der Waals surface area contributed by atoms with Crippen LogP contribution in [0.15, 0.2) is 52.9 Å². The smallest absolute Gasteiger partial charge is 0.254 e. The number of hydrogen-bond donors (Lipinski definition) is 0. The molecule has 4 unspecified atom stereocenters. The monoisotopic (exact) mass is 491 g/mol. The maximum absolute atomic E-state index is 14.0. The number of amides is 2. The van der Waals surface area contributed by atoms with Crippen LogP contribution in [0, 0.1) is 5.92 Å². The highest BCUT2D eigenvalue weighted by atomic mass is 35.5. The zero-order chi connectivity index (χ0) is 23.9. The molecular weight excluding hydrogens is 462 g/mol. The number of oxazole rings is 1. The van der Waals surface area contributed by atoms with E-state index in [1.165, 1.54) is 6.42 Å². The van der Waals surface area contributed by atoms with Crippen molar-refractivity contribution in [2.45, 2.75) is 62.9 Å². The first-order chi connectivity index (χ1) is 17.1. The number of aromatic nitrogens is 1. The fourth-order valence-corrected chi connectivity index (χ4v) is 6.59. The predicted molar refractivity (Wildman–Crippen MR) is 134 cm³/mol. The topological polar surface area (TPSA) is 66.7 Å². The van der Waals surface area contributed by atoms with E-state index in [0.717, 1.165) is 49.6 Å². The van der Waals surface area contributed by atoms with Crippen LogP contribution in [-0.2, 0) is 4.79 Å². The molecule has 3 fully saturated rings. The molecular formula is C28H30ClN3O3. The number of carbonyl (C=O) groups is 2. The molecule has 7 heteroatoms. The maximum Gasteiger partial charge on any atom is 0.254 e. The lowest BCUT2D eigenvalue weighted by atomic mass is 9.84. The number of nitrogens with zero attached hydrogens (tertiary/aromatic N) is 3. The normalized spacial score (nSPS) is 26.7. The Morgan fingerprint density at radius 1 is 1.00 bits per heavy atom. The summed E-state index contributed by atoms with van der Waals surface area (Å²) in [5, 5.41) is 0.537. The Balaban J connectivity index is 1.25. The summed E-state index contributed by atoms with van der Waals surface area (Å²) in [4.78, 5) is 36.2. The molecule has 6 rings (SSSR count). The molecule has 2 aliphatic heterocycles. The molecule has 0 radical (unpaired) electrons. The second-order valence-corrected chi connectivity index (χ2v) is 10.7. The second-order valence-electron chi connectivity index (χ2n) is 10.2. The molecule has 2 amide bonds. The summed E-state index contributed by atoms with van der Waals surface area (Å²) in [5.74, 6) is 1.15. The largest absolute Gasteiger partial charge is 0.440 e. The van der Waals surface area contributed by atoms with Gasteiger partial charge in [-0.3, -0.25) is 9.59 Å². The highest BCUT2D eigenvalue weighted by Gasteiger charge is 2.49. The minimum atomic E-state index is -0.419. The van der Waals surface area contributed by atoms with Crippen molar-refractivity contribution in [1.82, 2.24) is 14.8 Å². The molecule has 1 aliphatic carbocycles. The number of likely N-dealkylation sites (tertiary alicyclic amines) is 2. The molecule has 4 atom stereocenters. The zero-order valence-corrected chi connectivity index (χ0v) is 20.5. The second kappa shape index (κ2) is 9.30. The van der Waals surface area contributed by atoms with Crippen molar-refractivity contribution in [2.75, 3.05) is 13.1 Å². The van der Waals surface area contributed by atoms with Crippen molar-refractivity contribution >= 4 is 34.5 Å². The number of piperidine rings is 1. The Morgan fingerprint density at radius 3 is 2.71 bits per heavy atom. The summed E-state index contributed by atoms with van der Waals surface area (Å²) in [7, 11) is 0. The molecule has 6 nitrogen and oxygen atoms in total. The van der Waals surface area contributed by atoms with E-state index < -0.39 is 6.04 Å². The Morgan fingerprint density at radius 2 is 1.86 bits per heavy atom. The van der Waals surface area contributed by atoms with Gasteiger partial charge in [0, 0.05) is 29.7 Å². The maximum atomic E-state index is 14.0. The van der Waals surface area contributed by atoms with Crippen LogP contribution in [0.1, 0.15) is 67.1 Å². The standard InChI is InChI=1S/C28H30ClN3O3/c29-21-10-5-8-19(15-21)27(33)32-23-12-3-1-7-18(23)16-24(32)28(34)31-14-6-9-20(17-31)26-30-22-11-2-4-13-25(22)35-26/h2,4-5,8,10-11,13,15,18,20,23-24H,1,3,6-7,9,12,14,16-17H2. The van der Waals surface area contributed by atoms with E-state index in [9.17, 15) is 9.59 Å². The number of hydrogen-bond acceptors (Lipinski definition) is 4. The first-order valence-electron chi connectivity index (χ1n) is 12.8. The minimum absolute atomic E-state index is 0.0654. The molecule has 182 valence electrons. The van der Waals surface area contributed by atoms with Crippen LogP contribution in [0.3, 0.4) is 0 Å². The van der Waals surface area contributed by atoms with E-state index in [1.807, 2.05) is 34.1 Å². The third kappa shape index (κ3) is 4.22. The van der Waals surface area contributed by atoms with E-state index in [1.54, 1.807) is 24.3 Å². The van der Waals surface area contributed by atoms with E-state index in [2.05, 4.69) is 0 Å². The van der Waals surface area contributed by atoms with Gasteiger partial charge in [0.2, 0.25) is 5.91 Å². The van der Waals surface area contributed by atoms with Crippen LogP contribution in [0.5, 0.6) is 0 Å². The SMILES string of the molecule is O=C(C1CC2CCCCC2N1C(=O)c1cccc(Cl)c1)N1CCCC(c2nc3ccccc3o2)C1. The van der Waals surface area contributed by atoms with Crippen molar-refractivity contribution in [1.29, 1.82) is 0 Å². The van der Waals surface area contributed by atoms with Crippen molar-refractivity contribution in [3.8, 4) is 0 Å². The highest BCUT2D eigenvalue weighted by molar-refractivity contribution is 6.31. The first-order valence-corrected chi connectivity index (χ1v) is 13.2. The third-order valence-electron chi connectivity index (χ3n) is 8.07. The Hall–Kier alpha value is -2.86. The lowest BCUT2D eigenvalue weighted by Crippen LogP contribution is -2.52. The van der Waals surface area contributed by atoms with E-state index in [0.29, 0.717) is 35.5 Å². The molecule has 0 bridgehead atoms. The quantitative estimate of drug-likeness (QED) is 0.474. The number of carbonyl (C=O) groups excluding carboxylic acids is 2. The van der Waals surface area contributed by atoms with Crippen molar-refractivity contribution in [3.05, 3.63) is 65.0 Å². The average Bonchev–Trinajstić information content (AvgIpc) is 3.50. The molecule has 0 spiro atoms. The average molecular weight is 492 g/mol. The Kier molecular flexibility index (Phi) is 6.01. The van der Waals surface area contributed by atoms with Crippen LogP contribution >= 0.6 is 11.6 Å². The molecule has 1 saturated carbocycles. The van der Waals surface area contributed by atoms with Crippen LogP contribution in [0.4, 0.5) is 0 Å². The van der Waals surface area contributed by atoms with Gasteiger partial charge in [0.25, 0.3) is 5.91 Å². The van der Waals surface area contributed by atoms with Gasteiger partial charge in [0.05, 0.1) is 5.92 Å². The van der Waals surface area contributed by atoms with Gasteiger partial charge in [0.1, 0.15) is 11.6 Å². The van der Waals surface area contributed by atoms with Gasteiger partial charge in [-0.15, -0.1) is 0 Å². The number of para-hydroxylation sites is 2. The lowest BCUT2D eigenvalue weighted by Gasteiger charge is -2.37. The van der Waals surface area contributed by atoms with Gasteiger partial charge >= 0.3 is 0 Å². The van der Waals surface area contributed by atoms with Gasteiger partial charge in [-0.05, 0) is 68.4 Å². The summed E-state index contributed by atoms with van der Waals surface area (Å²) < 4.78 is 6.04. The molecule has 3 aliphatic rings. The van der Waals surface area contributed by atoms with Gasteiger partial charge in [-0.1, -0.05) is 42.6 Å². The van der Waals surface area contributed by atoms with Crippen LogP contribution in [-0.4, -0.2) is 51.8 Å². The molecule has 3 aromatic rings. The molecule has 3 heterocycles. The zero-order valence-electron chi connectivity index (χ0n) is 19.7. The minimum Gasteiger partial charge on any atom is -0.440 e. The van der Waals surface area contributed by atoms with Gasteiger partial charge < -0.3 is 14.2 Å². The number of benzene rings is 2. The Labute approximate surface area is 210 Å². The third-order valence-corrected chi connectivity index (χ3v) is 8.31. The molecule has 35 heavy (non-hydrogen) atoms. The van der Waals surface area contributed by atoms with Crippen LogP contribution < -0.4 is 0 Å². The summed E-state index contributed by atoms with van der Waals surface area (Å²) in [6.45, 7) is 1.29. The summed E-state index contributed by atoms with van der Waals surface area (Å²) in [6, 6.07) is 14.6. The molecule has 2 saturated heterocycles. The Bertz CT molecular complexity index is 1220. The first kappa shape index (κ1) is 22.6. The molecule has 1 aromatic heterocycles. The van der Waals surface area contributed by atoms with Crippen molar-refractivity contribution < 1.29 is 14.0 Å². The number of halogens is 1. The summed E-state index contributed by atoms with van der Waals surface area (Å²) in [6.07, 6.45) is 6.91. The van der Waals surface area contributed by atoms with Crippen molar-refractivity contribution in [3.63, 3.8) is 0 Å². The molecule has 0 N–H and O–H groups in total. The van der Waals surface area contributed by atoms with Crippen LogP contribution in [0.2, 0.25) is 5.02 Å². The summed E-state index contributed by atoms with van der Waals surface area (Å²) in [5.41, 5.74) is 2.19. The van der Waals surface area contributed by atoms with Gasteiger partial charge in [-0.25, -0.2) is 4.98 Å². The number of rotatable bonds is 3. The highest BCUT2D eigenvalue weighted by Crippen LogP contribution is 2.42. The number of fused-ring (bicyclic) bond motifs is 2.